The lowest BCUT2D eigenvalue weighted by Crippen LogP contribution is -2.51. The Kier molecular flexibility index (Phi) is 8.40. The largest absolute Gasteiger partial charge is 0.355 e. The van der Waals surface area contributed by atoms with Gasteiger partial charge in [-0.3, -0.25) is 9.59 Å². The lowest BCUT2D eigenvalue weighted by molar-refractivity contribution is -0.140. The highest BCUT2D eigenvalue weighted by molar-refractivity contribution is 6.30. The summed E-state index contributed by atoms with van der Waals surface area (Å²) in [6, 6.07) is 22.1. The lowest BCUT2D eigenvalue weighted by Gasteiger charge is -2.31. The predicted octanol–water partition coefficient (Wildman–Crippen LogP) is 4.80. The Morgan fingerprint density at radius 1 is 0.969 bits per heavy atom. The minimum atomic E-state index is -0.788. The van der Waals surface area contributed by atoms with Gasteiger partial charge in [-0.15, -0.1) is 0 Å². The van der Waals surface area contributed by atoms with Crippen molar-refractivity contribution in [2.75, 3.05) is 6.54 Å². The van der Waals surface area contributed by atoms with Crippen LogP contribution in [0, 0.1) is 5.82 Å². The third-order valence-electron chi connectivity index (χ3n) is 5.17. The molecule has 3 aromatic rings. The van der Waals surface area contributed by atoms with E-state index in [9.17, 15) is 14.0 Å². The zero-order valence-electron chi connectivity index (χ0n) is 17.9. The second-order valence-electron chi connectivity index (χ2n) is 7.52. The lowest BCUT2D eigenvalue weighted by atomic mass is 10.0. The van der Waals surface area contributed by atoms with E-state index >= 15 is 0 Å². The van der Waals surface area contributed by atoms with Crippen LogP contribution in [-0.2, 0) is 29.0 Å². The summed E-state index contributed by atoms with van der Waals surface area (Å²) in [7, 11) is 0. The van der Waals surface area contributed by atoms with E-state index in [1.54, 1.807) is 36.4 Å². The molecule has 32 heavy (non-hydrogen) atoms. The first-order chi connectivity index (χ1) is 15.5. The number of carbonyl (C=O) groups is 2. The van der Waals surface area contributed by atoms with Gasteiger partial charge in [-0.2, -0.15) is 0 Å². The molecule has 0 bridgehead atoms. The Balaban J connectivity index is 1.97. The van der Waals surface area contributed by atoms with Crippen molar-refractivity contribution in [3.8, 4) is 0 Å². The average molecular weight is 453 g/mol. The number of halogens is 2. The van der Waals surface area contributed by atoms with E-state index in [1.807, 2.05) is 43.3 Å². The van der Waals surface area contributed by atoms with Gasteiger partial charge in [0.1, 0.15) is 11.9 Å². The molecule has 4 nitrogen and oxygen atoms in total. The zero-order chi connectivity index (χ0) is 22.9. The Hall–Kier alpha value is -3.18. The molecule has 0 spiro atoms. The number of carbonyl (C=O) groups excluding carboxylic acids is 2. The monoisotopic (exact) mass is 452 g/mol. The second-order valence-corrected chi connectivity index (χ2v) is 7.96. The van der Waals surface area contributed by atoms with Gasteiger partial charge in [0, 0.05) is 30.1 Å². The van der Waals surface area contributed by atoms with E-state index in [-0.39, 0.29) is 24.8 Å². The standard InChI is InChI=1S/C26H26ClFN2O2/c1-2-29-26(32)24(16-19-9-4-3-5-10-19)30(18-21-12-6-7-14-23(21)28)25(31)17-20-11-8-13-22(27)15-20/h3-15,24H,2,16-18H2,1H3,(H,29,32)/t24-/m0/s1. The highest BCUT2D eigenvalue weighted by Gasteiger charge is 2.30. The van der Waals surface area contributed by atoms with Crippen LogP contribution in [0.5, 0.6) is 0 Å². The van der Waals surface area contributed by atoms with Crippen molar-refractivity contribution in [3.63, 3.8) is 0 Å². The van der Waals surface area contributed by atoms with Crippen molar-refractivity contribution in [1.29, 1.82) is 0 Å². The summed E-state index contributed by atoms with van der Waals surface area (Å²) in [6.07, 6.45) is 0.377. The van der Waals surface area contributed by atoms with Crippen molar-refractivity contribution >= 4 is 23.4 Å². The first kappa shape index (κ1) is 23.5. The highest BCUT2D eigenvalue weighted by Crippen LogP contribution is 2.19. The first-order valence-electron chi connectivity index (χ1n) is 10.6. The predicted molar refractivity (Wildman–Crippen MR) is 125 cm³/mol. The van der Waals surface area contributed by atoms with Crippen LogP contribution in [0.25, 0.3) is 0 Å². The summed E-state index contributed by atoms with van der Waals surface area (Å²) in [5, 5.41) is 3.36. The smallest absolute Gasteiger partial charge is 0.243 e. The maximum Gasteiger partial charge on any atom is 0.243 e. The van der Waals surface area contributed by atoms with Crippen molar-refractivity contribution in [2.45, 2.75) is 32.4 Å². The summed E-state index contributed by atoms with van der Waals surface area (Å²) in [6.45, 7) is 2.24. The zero-order valence-corrected chi connectivity index (χ0v) is 18.7. The first-order valence-corrected chi connectivity index (χ1v) is 10.9. The fourth-order valence-electron chi connectivity index (χ4n) is 3.58. The van der Waals surface area contributed by atoms with E-state index in [2.05, 4.69) is 5.32 Å². The molecule has 3 rings (SSSR count). The third-order valence-corrected chi connectivity index (χ3v) is 5.40. The van der Waals surface area contributed by atoms with E-state index in [0.717, 1.165) is 11.1 Å². The summed E-state index contributed by atoms with van der Waals surface area (Å²) < 4.78 is 14.5. The van der Waals surface area contributed by atoms with Gasteiger partial charge >= 0.3 is 0 Å². The molecule has 1 N–H and O–H groups in total. The van der Waals surface area contributed by atoms with Gasteiger partial charge in [-0.25, -0.2) is 4.39 Å². The van der Waals surface area contributed by atoms with Gasteiger partial charge in [-0.05, 0) is 36.2 Å². The number of amides is 2. The van der Waals surface area contributed by atoms with Gasteiger partial charge in [0.05, 0.1) is 6.42 Å². The topological polar surface area (TPSA) is 49.4 Å². The number of hydrogen-bond donors (Lipinski definition) is 1. The van der Waals surface area contributed by atoms with E-state index in [0.29, 0.717) is 23.6 Å². The van der Waals surface area contributed by atoms with Gasteiger partial charge in [-0.1, -0.05) is 72.3 Å². The Bertz CT molecular complexity index is 1060. The normalized spacial score (nSPS) is 11.6. The Morgan fingerprint density at radius 3 is 2.34 bits per heavy atom. The molecule has 0 fully saturated rings. The quantitative estimate of drug-likeness (QED) is 0.507. The number of rotatable bonds is 9. The van der Waals surface area contributed by atoms with Crippen LogP contribution in [0.2, 0.25) is 5.02 Å². The van der Waals surface area contributed by atoms with Gasteiger partial charge in [0.25, 0.3) is 0 Å². The van der Waals surface area contributed by atoms with Gasteiger partial charge in [0.2, 0.25) is 11.8 Å². The molecule has 1 atom stereocenters. The van der Waals surface area contributed by atoms with E-state index < -0.39 is 11.9 Å². The number of nitrogens with zero attached hydrogens (tertiary/aromatic N) is 1. The van der Waals surface area contributed by atoms with Crippen molar-refractivity contribution < 1.29 is 14.0 Å². The molecule has 166 valence electrons. The van der Waals surface area contributed by atoms with Crippen LogP contribution in [0.15, 0.2) is 78.9 Å². The van der Waals surface area contributed by atoms with Gasteiger partial charge in [0.15, 0.2) is 0 Å². The molecule has 0 aliphatic rings. The minimum absolute atomic E-state index is 0.0132. The molecule has 6 heteroatoms. The van der Waals surface area contributed by atoms with E-state index in [4.69, 9.17) is 11.6 Å². The molecule has 0 aliphatic heterocycles. The van der Waals surface area contributed by atoms with Crippen LogP contribution < -0.4 is 5.32 Å². The van der Waals surface area contributed by atoms with Crippen LogP contribution in [0.3, 0.4) is 0 Å². The number of likely N-dealkylation sites (N-methyl/N-ethyl adjacent to an activating group) is 1. The van der Waals surface area contributed by atoms with Crippen LogP contribution in [0.4, 0.5) is 4.39 Å². The number of nitrogens with one attached hydrogen (secondary N) is 1. The second kappa shape index (κ2) is 11.4. The summed E-state index contributed by atoms with van der Waals surface area (Å²) in [5.41, 5.74) is 2.00. The number of benzene rings is 3. The van der Waals surface area contributed by atoms with Crippen molar-refractivity contribution in [1.82, 2.24) is 10.2 Å². The Morgan fingerprint density at radius 2 is 1.66 bits per heavy atom. The SMILES string of the molecule is CCNC(=O)[C@H](Cc1ccccc1)N(Cc1ccccc1F)C(=O)Cc1cccc(Cl)c1. The molecule has 0 aromatic heterocycles. The summed E-state index contributed by atoms with van der Waals surface area (Å²) >= 11 is 6.08. The van der Waals surface area contributed by atoms with Crippen LogP contribution in [-0.4, -0.2) is 29.3 Å². The summed E-state index contributed by atoms with van der Waals surface area (Å²) in [5.74, 6) is -0.961. The molecular formula is C26H26ClFN2O2. The average Bonchev–Trinajstić information content (AvgIpc) is 2.78. The fourth-order valence-corrected chi connectivity index (χ4v) is 3.79. The van der Waals surface area contributed by atoms with Crippen molar-refractivity contribution in [2.24, 2.45) is 0 Å². The molecule has 2 amide bonds. The molecule has 0 saturated carbocycles. The van der Waals surface area contributed by atoms with Crippen molar-refractivity contribution in [3.05, 3.63) is 106 Å². The molecule has 0 radical (unpaired) electrons. The maximum atomic E-state index is 14.5. The molecule has 0 aliphatic carbocycles. The van der Waals surface area contributed by atoms with Gasteiger partial charge < -0.3 is 10.2 Å². The molecule has 0 saturated heterocycles. The molecule has 0 heterocycles. The summed E-state index contributed by atoms with van der Waals surface area (Å²) in [4.78, 5) is 28.0. The molecular weight excluding hydrogens is 427 g/mol. The van der Waals surface area contributed by atoms with E-state index in [1.165, 1.54) is 11.0 Å². The number of hydrogen-bond acceptors (Lipinski definition) is 2. The van der Waals surface area contributed by atoms with Crippen LogP contribution in [0.1, 0.15) is 23.6 Å². The molecule has 3 aromatic carbocycles. The molecule has 0 unspecified atom stereocenters. The van der Waals surface area contributed by atoms with Crippen LogP contribution >= 0.6 is 11.6 Å². The highest BCUT2D eigenvalue weighted by atomic mass is 35.5. The maximum absolute atomic E-state index is 14.5. The fraction of sp³-hybridized carbons (Fsp3) is 0.231. The minimum Gasteiger partial charge on any atom is -0.355 e. The Labute approximate surface area is 193 Å². The third kappa shape index (κ3) is 6.41.